The third-order valence-corrected chi connectivity index (χ3v) is 24.1. The minimum absolute atomic E-state index is 0.0409. The van der Waals surface area contributed by atoms with Gasteiger partial charge >= 0.3 is 0 Å². The van der Waals surface area contributed by atoms with Crippen molar-refractivity contribution in [2.24, 2.45) is 0 Å². The van der Waals surface area contributed by atoms with Gasteiger partial charge in [0.1, 0.15) is 71.7 Å². The summed E-state index contributed by atoms with van der Waals surface area (Å²) in [6, 6.07) is 25.6. The van der Waals surface area contributed by atoms with Crippen molar-refractivity contribution in [1.29, 1.82) is 0 Å². The normalized spacial score (nSPS) is 14.4. The predicted octanol–water partition coefficient (Wildman–Crippen LogP) is 17.9. The number of aromatic nitrogens is 16. The number of aromatic amines is 4. The van der Waals surface area contributed by atoms with E-state index in [9.17, 15) is 35.1 Å². The van der Waals surface area contributed by atoms with Gasteiger partial charge < -0.3 is 106 Å². The Hall–Kier alpha value is -15.4. The van der Waals surface area contributed by atoms with Gasteiger partial charge in [0.05, 0.1) is 86.3 Å². The van der Waals surface area contributed by atoms with Gasteiger partial charge in [-0.3, -0.25) is 0 Å². The van der Waals surface area contributed by atoms with Crippen LogP contribution in [-0.4, -0.2) is 219 Å². The molecule has 16 aromatic rings. The largest absolute Gasteiger partial charge is 0.435 e. The molecule has 0 spiro atoms. The van der Waals surface area contributed by atoms with Gasteiger partial charge in [0.25, 0.3) is 0 Å². The summed E-state index contributed by atoms with van der Waals surface area (Å²) < 4.78 is 140. The molecule has 4 aliphatic rings. The summed E-state index contributed by atoms with van der Waals surface area (Å²) in [7, 11) is 2.12. The number of ether oxygens (including phenoxy) is 4. The lowest BCUT2D eigenvalue weighted by Gasteiger charge is -2.35. The molecule has 0 unspecified atom stereocenters. The van der Waals surface area contributed by atoms with E-state index >= 15 is 0 Å². The second-order valence-corrected chi connectivity index (χ2v) is 33.4. The van der Waals surface area contributed by atoms with Crippen LogP contribution < -0.4 is 70.9 Å². The van der Waals surface area contributed by atoms with Gasteiger partial charge in [-0.05, 0) is 141 Å². The Bertz CT molecular complexity index is 6780. The maximum atomic E-state index is 15.0. The smallest absolute Gasteiger partial charge is 0.248 e. The van der Waals surface area contributed by atoms with Crippen molar-refractivity contribution in [2.45, 2.75) is 62.3 Å². The fourth-order valence-electron chi connectivity index (χ4n) is 16.3. The van der Waals surface area contributed by atoms with Crippen LogP contribution in [0.1, 0.15) is 53.3 Å². The van der Waals surface area contributed by atoms with Crippen molar-refractivity contribution in [3.8, 4) is 46.5 Å². The van der Waals surface area contributed by atoms with E-state index in [-0.39, 0.29) is 102 Å². The number of likely N-dealkylation sites (N-methyl/N-ethyl adjacent to an activating group) is 3. The highest BCUT2D eigenvalue weighted by molar-refractivity contribution is 5.87. The zero-order valence-electron chi connectivity index (χ0n) is 76.8. The van der Waals surface area contributed by atoms with Crippen LogP contribution in [0.5, 0.6) is 46.5 Å². The van der Waals surface area contributed by atoms with Crippen LogP contribution >= 0.6 is 0 Å². The lowest BCUT2D eigenvalue weighted by molar-refractivity contribution is 0.271. The number of nitrogens with zero attached hydrogens (tertiary/aromatic N) is 19. The Morgan fingerprint density at radius 2 is 0.584 bits per heavy atom. The summed E-state index contributed by atoms with van der Waals surface area (Å²) in [5.41, 5.74) is 15.1. The summed E-state index contributed by atoms with van der Waals surface area (Å²) in [5, 5.41) is 16.3. The molecule has 12 aromatic heterocycles. The Labute approximate surface area is 782 Å². The number of halogens is 8. The Kier molecular flexibility index (Phi) is 28.1. The van der Waals surface area contributed by atoms with Crippen LogP contribution in [0.3, 0.4) is 0 Å². The monoisotopic (exact) mass is 1880 g/mol. The molecule has 0 aliphatic carbocycles. The Morgan fingerprint density at radius 1 is 0.321 bits per heavy atom. The molecule has 4 saturated heterocycles. The number of rotatable bonds is 22. The van der Waals surface area contributed by atoms with E-state index in [1.165, 1.54) is 43.5 Å². The first-order valence-electron chi connectivity index (χ1n) is 44.7. The number of aryl methyl sites for hydroxylation is 4. The van der Waals surface area contributed by atoms with E-state index in [1.54, 1.807) is 60.7 Å². The van der Waals surface area contributed by atoms with Crippen molar-refractivity contribution >= 4 is 119 Å². The molecule has 11 N–H and O–H groups in total. The van der Waals surface area contributed by atoms with E-state index < -0.39 is 46.5 Å². The molecule has 16 heterocycles. The van der Waals surface area contributed by atoms with Crippen LogP contribution in [0.15, 0.2) is 147 Å². The second kappa shape index (κ2) is 41.2. The molecule has 0 atom stereocenters. The maximum absolute atomic E-state index is 15.0. The highest BCUT2D eigenvalue weighted by atomic mass is 19.2. The van der Waals surface area contributed by atoms with E-state index in [1.807, 2.05) is 67.1 Å². The molecule has 710 valence electrons. The van der Waals surface area contributed by atoms with E-state index in [0.29, 0.717) is 80.2 Å². The Morgan fingerprint density at radius 3 is 0.869 bits per heavy atom. The number of anilines is 13. The Balaban J connectivity index is 0.000000127. The number of fused-ring (bicyclic) bond motifs is 4. The fourth-order valence-corrected chi connectivity index (χ4v) is 16.3. The van der Waals surface area contributed by atoms with Crippen LogP contribution in [0, 0.1) is 95.0 Å². The summed E-state index contributed by atoms with van der Waals surface area (Å²) >= 11 is 0. The molecular formula is C96H101F8N29O4. The number of nitrogens with one attached hydrogen (secondary N) is 9. The number of H-pyrrole nitrogens is 4. The minimum Gasteiger partial charge on any atom is -0.435 e. The lowest BCUT2D eigenvalue weighted by Crippen LogP contribution is -2.46. The number of benzene rings is 4. The van der Waals surface area contributed by atoms with Crippen LogP contribution in [-0.2, 0) is 0 Å². The van der Waals surface area contributed by atoms with E-state index in [4.69, 9.17) is 24.7 Å². The van der Waals surface area contributed by atoms with E-state index in [2.05, 4.69) is 162 Å². The van der Waals surface area contributed by atoms with Crippen LogP contribution in [0.2, 0.25) is 0 Å². The molecule has 0 radical (unpaired) electrons. The molecular weight excluding hydrogens is 1780 g/mol. The van der Waals surface area contributed by atoms with Crippen LogP contribution in [0.25, 0.3) is 43.6 Å². The third-order valence-electron chi connectivity index (χ3n) is 24.1. The fraction of sp³-hybridized carbons (Fsp3) is 0.292. The first-order chi connectivity index (χ1) is 66.2. The van der Waals surface area contributed by atoms with E-state index in [0.717, 1.165) is 165 Å². The average molecular weight is 1880 g/mol. The molecule has 4 aliphatic heterocycles. The van der Waals surface area contributed by atoms with Crippen molar-refractivity contribution < 1.29 is 54.1 Å². The first-order valence-corrected chi connectivity index (χ1v) is 44.7. The third kappa shape index (κ3) is 21.3. The maximum Gasteiger partial charge on any atom is 0.248 e. The average Bonchev–Trinajstić information content (AvgIpc) is 1.70. The summed E-state index contributed by atoms with van der Waals surface area (Å²) in [6.45, 7) is 34.3. The second-order valence-electron chi connectivity index (χ2n) is 33.4. The number of piperazine rings is 4. The molecule has 4 aromatic carbocycles. The van der Waals surface area contributed by atoms with Crippen molar-refractivity contribution in [3.05, 3.63) is 233 Å². The number of hydrogen-bond acceptors (Lipinski definition) is 29. The number of hydrogen-bond donors (Lipinski definition) is 10. The quantitative estimate of drug-likeness (QED) is 0.0282. The molecule has 41 heteroatoms. The van der Waals surface area contributed by atoms with Crippen molar-refractivity contribution in [3.63, 3.8) is 0 Å². The van der Waals surface area contributed by atoms with Gasteiger partial charge in [-0.2, -0.15) is 4.98 Å². The summed E-state index contributed by atoms with van der Waals surface area (Å²) in [4.78, 5) is 78.8. The number of nitrogens with two attached hydrogens (primary N) is 1. The zero-order chi connectivity index (χ0) is 95.8. The topological polar surface area (TPSA) is 364 Å². The molecule has 0 saturated carbocycles. The van der Waals surface area contributed by atoms with Gasteiger partial charge in [0.15, 0.2) is 75.4 Å². The van der Waals surface area contributed by atoms with Gasteiger partial charge in [-0.1, -0.05) is 13.8 Å². The molecule has 33 nitrogen and oxygen atoms in total. The molecule has 20 rings (SSSR count). The van der Waals surface area contributed by atoms with Crippen molar-refractivity contribution in [1.82, 2.24) is 99.8 Å². The van der Waals surface area contributed by atoms with Gasteiger partial charge in [-0.15, -0.1) is 0 Å². The highest BCUT2D eigenvalue weighted by Gasteiger charge is 2.28. The van der Waals surface area contributed by atoms with Gasteiger partial charge in [0, 0.05) is 173 Å². The molecule has 0 amide bonds. The molecule has 137 heavy (non-hydrogen) atoms. The zero-order valence-corrected chi connectivity index (χ0v) is 76.8. The molecule has 4 fully saturated rings. The highest BCUT2D eigenvalue weighted by Crippen LogP contribution is 2.42. The van der Waals surface area contributed by atoms with Crippen LogP contribution in [0.4, 0.5) is 110 Å². The van der Waals surface area contributed by atoms with Crippen molar-refractivity contribution in [2.75, 3.05) is 171 Å². The number of nitrogen functional groups attached to an aromatic ring is 1. The standard InChI is InChI=1S/C25H27F2N7O.C24H26F2N8O.C24H25F2N7O.C23H23F2N7O/c1-4-33-7-9-34(10-8-33)17-5-6-21(28-13-17)32-24-16(3)25(30-14-29-24)35-20-12-19(26)23-18(22(20)27)11-15(2)31-23;1-3-33-6-8-34(9-7-33)15-4-5-19(28-12-15)32-23-21(27)24(30-13-29-23)35-18-11-17(25)22-16(20(18)26)10-14(2)31-22;1-14-10-17-21(26)19(11-18(25)22(17)30-14)34-24-15(2)23(28-13-29-24)31-20-5-4-16(12-27-20)33-8-6-32(3)7-9-33;1-13-9-16-20(25)18(10-17(24)21(16)30-13)33-23-14(2)22(28-12-29-23)31-19-4-3-15(11-27-19)32-7-5-26-6-8-32/h5-6,11-14,31H,4,7-10H2,1-3H3,(H,28,29,30,32);4-5,10-13,31H,3,6-9,27H2,1-2H3,(H,28,29,30,32);4-5,10-13,30H,6-9H2,1-3H3,(H,27,28,29,31);3-4,9-12,26,30H,5-8H2,1-2H3,(H,27,28,29,31). The van der Waals surface area contributed by atoms with Gasteiger partial charge in [0.2, 0.25) is 23.5 Å². The lowest BCUT2D eigenvalue weighted by atomic mass is 10.2. The van der Waals surface area contributed by atoms with Gasteiger partial charge in [-0.25, -0.2) is 89.9 Å². The number of pyridine rings is 4. The SMILES string of the molecule is CCN1CCN(c2ccc(Nc3ncnc(Oc4cc(F)c5[nH]c(C)cc5c4F)c3C)nc2)CC1.CCN1CCN(c2ccc(Nc3ncnc(Oc4cc(F)c5[nH]c(C)cc5c4F)c3N)nc2)CC1.Cc1cc2c(F)c(Oc3ncnc(Nc4ccc(N5CCN(C)CC5)cn4)c3C)cc(F)c2[nH]1.Cc1cc2c(F)c(Oc3ncnc(Nc4ccc(N5CCNCC5)cn4)c3C)cc(F)c2[nH]1. The summed E-state index contributed by atoms with van der Waals surface area (Å²) in [5.74, 6) is -1.96. The first kappa shape index (κ1) is 93.4. The predicted molar refractivity (Wildman–Crippen MR) is 512 cm³/mol. The molecule has 0 bridgehead atoms. The summed E-state index contributed by atoms with van der Waals surface area (Å²) in [6.07, 6.45) is 12.4. The minimum atomic E-state index is -0.713.